The van der Waals surface area contributed by atoms with Gasteiger partial charge in [0.15, 0.2) is 5.82 Å². The number of anilines is 1. The molecular weight excluding hydrogens is 368 g/mol. The lowest BCUT2D eigenvalue weighted by atomic mass is 10.2. The van der Waals surface area contributed by atoms with Crippen molar-refractivity contribution in [2.45, 2.75) is 13.8 Å². The normalized spacial score (nSPS) is 11.7. The molecule has 29 heavy (non-hydrogen) atoms. The molecule has 3 rings (SSSR count). The highest BCUT2D eigenvalue weighted by atomic mass is 16.3. The van der Waals surface area contributed by atoms with Gasteiger partial charge in [-0.1, -0.05) is 30.3 Å². The maximum Gasteiger partial charge on any atom is 0.226 e. The minimum absolute atomic E-state index is 0.108. The second-order valence-electron chi connectivity index (χ2n) is 6.52. The Morgan fingerprint density at radius 3 is 2.41 bits per heavy atom. The molecule has 2 heterocycles. The number of rotatable bonds is 6. The number of likely N-dealkylation sites (N-methyl/N-ethyl adjacent to an activating group) is 1. The average molecular weight is 392 g/mol. The first-order chi connectivity index (χ1) is 13.8. The molecule has 0 radical (unpaired) electrons. The zero-order valence-corrected chi connectivity index (χ0v) is 16.6. The van der Waals surface area contributed by atoms with Gasteiger partial charge in [-0.3, -0.25) is 0 Å². The Hall–Kier alpha value is -3.72. The van der Waals surface area contributed by atoms with Crippen molar-refractivity contribution in [1.82, 2.24) is 24.9 Å². The summed E-state index contributed by atoms with van der Waals surface area (Å²) in [4.78, 5) is 17.5. The second kappa shape index (κ2) is 8.53. The maximum absolute atomic E-state index is 9.68. The van der Waals surface area contributed by atoms with Crippen molar-refractivity contribution in [2.24, 2.45) is 11.6 Å². The smallest absolute Gasteiger partial charge is 0.226 e. The van der Waals surface area contributed by atoms with Crippen molar-refractivity contribution in [3.05, 3.63) is 65.4 Å². The molecule has 0 unspecified atom stereocenters. The highest BCUT2D eigenvalue weighted by molar-refractivity contribution is 5.64. The summed E-state index contributed by atoms with van der Waals surface area (Å²) in [5.41, 5.74) is 9.19. The Kier molecular flexibility index (Phi) is 5.89. The van der Waals surface area contributed by atoms with E-state index >= 15 is 0 Å². The molecule has 150 valence electrons. The van der Waals surface area contributed by atoms with E-state index in [0.717, 1.165) is 5.56 Å². The van der Waals surface area contributed by atoms with Gasteiger partial charge in [0.05, 0.1) is 29.3 Å². The molecule has 0 aliphatic carbocycles. The number of hydrogen-bond acceptors (Lipinski definition) is 9. The predicted molar refractivity (Wildman–Crippen MR) is 112 cm³/mol. The highest BCUT2D eigenvalue weighted by Gasteiger charge is 2.13. The number of pyridine rings is 1. The largest absolute Gasteiger partial charge is 0.506 e. The van der Waals surface area contributed by atoms with Crippen molar-refractivity contribution < 1.29 is 5.11 Å². The van der Waals surface area contributed by atoms with Gasteiger partial charge in [-0.05, 0) is 26.0 Å². The SMILES string of the molecule is Cc1nc(NC/C(=C(/N)c2ccc(O)c(C)n2)N(C)N)nc(-c2ccccc2)n1. The Balaban J connectivity index is 1.87. The first kappa shape index (κ1) is 20.0. The minimum Gasteiger partial charge on any atom is -0.506 e. The number of benzene rings is 1. The van der Waals surface area contributed by atoms with Gasteiger partial charge < -0.3 is 21.2 Å². The molecule has 6 N–H and O–H groups in total. The van der Waals surface area contributed by atoms with Gasteiger partial charge in [0.2, 0.25) is 5.95 Å². The van der Waals surface area contributed by atoms with Crippen molar-refractivity contribution in [3.63, 3.8) is 0 Å². The van der Waals surface area contributed by atoms with Gasteiger partial charge in [-0.25, -0.2) is 15.8 Å². The Bertz CT molecular complexity index is 1030. The summed E-state index contributed by atoms with van der Waals surface area (Å²) < 4.78 is 0. The second-order valence-corrected chi connectivity index (χ2v) is 6.52. The lowest BCUT2D eigenvalue weighted by molar-refractivity contribution is 0.437. The standard InChI is InChI=1S/C20H24N8O/c1-12-17(29)10-9-15(24-12)18(21)16(28(3)22)11-23-20-26-13(2)25-19(27-20)14-7-5-4-6-8-14/h4-10,29H,11,21-22H2,1-3H3,(H,23,25,26,27)/b18-16-. The molecule has 2 aromatic heterocycles. The molecule has 0 atom stereocenters. The van der Waals surface area contributed by atoms with Crippen LogP contribution in [0.2, 0.25) is 0 Å². The van der Waals surface area contributed by atoms with Gasteiger partial charge in [0.1, 0.15) is 11.6 Å². The van der Waals surface area contributed by atoms with Crippen LogP contribution >= 0.6 is 0 Å². The zero-order chi connectivity index (χ0) is 21.0. The lowest BCUT2D eigenvalue weighted by Gasteiger charge is -2.20. The molecule has 9 nitrogen and oxygen atoms in total. The minimum atomic E-state index is 0.108. The Labute approximate surface area is 169 Å². The maximum atomic E-state index is 9.68. The van der Waals surface area contributed by atoms with E-state index in [0.29, 0.717) is 40.4 Å². The van der Waals surface area contributed by atoms with E-state index in [9.17, 15) is 5.11 Å². The van der Waals surface area contributed by atoms with Crippen LogP contribution in [0, 0.1) is 13.8 Å². The molecule has 0 aliphatic rings. The highest BCUT2D eigenvalue weighted by Crippen LogP contribution is 2.20. The summed E-state index contributed by atoms with van der Waals surface area (Å²) in [5.74, 6) is 7.68. The van der Waals surface area contributed by atoms with E-state index in [-0.39, 0.29) is 12.3 Å². The third kappa shape index (κ3) is 4.77. The lowest BCUT2D eigenvalue weighted by Crippen LogP contribution is -2.32. The number of nitrogens with one attached hydrogen (secondary N) is 1. The van der Waals surface area contributed by atoms with E-state index in [1.165, 1.54) is 5.01 Å². The van der Waals surface area contributed by atoms with Gasteiger partial charge in [-0.15, -0.1) is 0 Å². The molecule has 3 aromatic rings. The number of hydrazine groups is 1. The van der Waals surface area contributed by atoms with Gasteiger partial charge in [0.25, 0.3) is 0 Å². The van der Waals surface area contributed by atoms with E-state index < -0.39 is 0 Å². The third-order valence-corrected chi connectivity index (χ3v) is 4.26. The summed E-state index contributed by atoms with van der Waals surface area (Å²) in [6.45, 7) is 3.79. The summed E-state index contributed by atoms with van der Waals surface area (Å²) in [6, 6.07) is 12.9. The van der Waals surface area contributed by atoms with Crippen LogP contribution in [0.5, 0.6) is 5.75 Å². The van der Waals surface area contributed by atoms with Crippen molar-refractivity contribution in [3.8, 4) is 17.1 Å². The van der Waals surface area contributed by atoms with Crippen LogP contribution in [0.4, 0.5) is 5.95 Å². The van der Waals surface area contributed by atoms with Crippen LogP contribution in [0.1, 0.15) is 17.2 Å². The van der Waals surface area contributed by atoms with Crippen LogP contribution in [0.25, 0.3) is 17.1 Å². The molecule has 0 spiro atoms. The average Bonchev–Trinajstić information content (AvgIpc) is 2.70. The van der Waals surface area contributed by atoms with Crippen LogP contribution in [-0.4, -0.2) is 43.6 Å². The Morgan fingerprint density at radius 1 is 1.03 bits per heavy atom. The fraction of sp³-hybridized carbons (Fsp3) is 0.200. The van der Waals surface area contributed by atoms with Crippen LogP contribution in [0.15, 0.2) is 48.2 Å². The fourth-order valence-corrected chi connectivity index (χ4v) is 2.70. The molecule has 0 bridgehead atoms. The van der Waals surface area contributed by atoms with Gasteiger partial charge in [-0.2, -0.15) is 9.97 Å². The number of aromatic nitrogens is 4. The first-order valence-corrected chi connectivity index (χ1v) is 9.01. The third-order valence-electron chi connectivity index (χ3n) is 4.26. The van der Waals surface area contributed by atoms with E-state index in [1.807, 2.05) is 37.3 Å². The molecular formula is C20H24N8O. The van der Waals surface area contributed by atoms with E-state index in [4.69, 9.17) is 11.6 Å². The van der Waals surface area contributed by atoms with Gasteiger partial charge in [0, 0.05) is 12.6 Å². The summed E-state index contributed by atoms with van der Waals surface area (Å²) in [5, 5.41) is 14.3. The van der Waals surface area contributed by atoms with Crippen molar-refractivity contribution in [2.75, 3.05) is 18.9 Å². The Morgan fingerprint density at radius 2 is 1.76 bits per heavy atom. The molecule has 0 saturated carbocycles. The number of aryl methyl sites for hydroxylation is 2. The molecule has 0 aliphatic heterocycles. The van der Waals surface area contributed by atoms with Crippen molar-refractivity contribution in [1.29, 1.82) is 0 Å². The van der Waals surface area contributed by atoms with Crippen LogP contribution in [0.3, 0.4) is 0 Å². The van der Waals surface area contributed by atoms with Gasteiger partial charge >= 0.3 is 0 Å². The first-order valence-electron chi connectivity index (χ1n) is 9.01. The summed E-state index contributed by atoms with van der Waals surface area (Å²) >= 11 is 0. The molecule has 0 amide bonds. The summed E-state index contributed by atoms with van der Waals surface area (Å²) in [6.07, 6.45) is 0. The molecule has 0 fully saturated rings. The number of aromatic hydroxyl groups is 1. The van der Waals surface area contributed by atoms with Crippen LogP contribution in [-0.2, 0) is 0 Å². The van der Waals surface area contributed by atoms with E-state index in [2.05, 4.69) is 25.3 Å². The number of nitrogens with zero attached hydrogens (tertiary/aromatic N) is 5. The molecule has 1 aromatic carbocycles. The fourth-order valence-electron chi connectivity index (χ4n) is 2.70. The van der Waals surface area contributed by atoms with E-state index in [1.54, 1.807) is 26.1 Å². The van der Waals surface area contributed by atoms with Crippen molar-refractivity contribution >= 4 is 11.6 Å². The predicted octanol–water partition coefficient (Wildman–Crippen LogP) is 1.80. The monoisotopic (exact) mass is 392 g/mol. The zero-order valence-electron chi connectivity index (χ0n) is 16.6. The number of hydrogen-bond donors (Lipinski definition) is 4. The topological polar surface area (TPSA) is 139 Å². The number of nitrogens with two attached hydrogens (primary N) is 2. The van der Waals surface area contributed by atoms with Crippen LogP contribution < -0.4 is 16.9 Å². The summed E-state index contributed by atoms with van der Waals surface area (Å²) in [7, 11) is 1.69. The quantitative estimate of drug-likeness (QED) is 0.365. The molecule has 9 heteroatoms. The molecule has 0 saturated heterocycles.